The second-order valence-electron chi connectivity index (χ2n) is 4.84. The molecule has 0 saturated carbocycles. The first-order chi connectivity index (χ1) is 9.33. The van der Waals surface area contributed by atoms with E-state index in [9.17, 15) is 5.21 Å². The minimum absolute atomic E-state index is 0.289. The third-order valence-corrected chi connectivity index (χ3v) is 3.72. The molecule has 0 saturated heterocycles. The van der Waals surface area contributed by atoms with Crippen molar-refractivity contribution in [3.05, 3.63) is 52.9 Å². The second kappa shape index (κ2) is 4.88. The maximum absolute atomic E-state index is 9.26. The molecule has 98 valence electrons. The molecule has 1 heterocycles. The predicted octanol–water partition coefficient (Wildman–Crippen LogP) is 3.15. The number of nitrogens with zero attached hydrogens (tertiary/aromatic N) is 2. The molecule has 4 heteroatoms. The summed E-state index contributed by atoms with van der Waals surface area (Å²) in [6.45, 7) is 2.02. The normalized spacial score (nSPS) is 20.5. The smallest absolute Gasteiger partial charge is 0.146 e. The summed E-state index contributed by atoms with van der Waals surface area (Å²) in [6.07, 6.45) is 2.32. The van der Waals surface area contributed by atoms with Crippen LogP contribution in [0.1, 0.15) is 41.8 Å². The van der Waals surface area contributed by atoms with Crippen LogP contribution in [0.4, 0.5) is 0 Å². The van der Waals surface area contributed by atoms with Gasteiger partial charge < -0.3 is 9.73 Å². The third-order valence-electron chi connectivity index (χ3n) is 3.72. The van der Waals surface area contributed by atoms with Crippen molar-refractivity contribution in [2.45, 2.75) is 32.1 Å². The zero-order valence-electron chi connectivity index (χ0n) is 10.8. The van der Waals surface area contributed by atoms with E-state index in [1.54, 1.807) is 0 Å². The zero-order valence-corrected chi connectivity index (χ0v) is 10.8. The highest BCUT2D eigenvalue weighted by Crippen LogP contribution is 2.34. The highest BCUT2D eigenvalue weighted by Gasteiger charge is 2.31. The van der Waals surface area contributed by atoms with E-state index in [1.165, 1.54) is 5.56 Å². The number of benzene rings is 1. The molecule has 0 aliphatic heterocycles. The molecular weight excluding hydrogens is 240 g/mol. The van der Waals surface area contributed by atoms with Gasteiger partial charge in [0.25, 0.3) is 0 Å². The lowest BCUT2D eigenvalue weighted by Crippen LogP contribution is -2.19. The first kappa shape index (κ1) is 12.0. The monoisotopic (exact) mass is 256 g/mol. The maximum atomic E-state index is 9.26. The first-order valence-electron chi connectivity index (χ1n) is 6.57. The fourth-order valence-corrected chi connectivity index (χ4v) is 2.75. The summed E-state index contributed by atoms with van der Waals surface area (Å²) in [5.41, 5.74) is 3.73. The number of aryl methyl sites for hydroxylation is 1. The molecule has 1 aromatic carbocycles. The van der Waals surface area contributed by atoms with Crippen LogP contribution in [-0.4, -0.2) is 16.1 Å². The van der Waals surface area contributed by atoms with Crippen LogP contribution in [0.5, 0.6) is 0 Å². The van der Waals surface area contributed by atoms with Crippen molar-refractivity contribution in [3.63, 3.8) is 0 Å². The number of oxime groups is 1. The Kier molecular flexibility index (Phi) is 3.07. The maximum Gasteiger partial charge on any atom is 0.146 e. The summed E-state index contributed by atoms with van der Waals surface area (Å²) < 4.78 is 5.42. The Morgan fingerprint density at radius 3 is 2.79 bits per heavy atom. The van der Waals surface area contributed by atoms with Crippen molar-refractivity contribution >= 4 is 5.71 Å². The number of aromatic nitrogens is 1. The lowest BCUT2D eigenvalue weighted by Gasteiger charge is -2.22. The van der Waals surface area contributed by atoms with Crippen LogP contribution in [0.15, 0.2) is 40.0 Å². The molecule has 1 aromatic heterocycles. The highest BCUT2D eigenvalue weighted by atomic mass is 16.5. The number of rotatable bonds is 2. The van der Waals surface area contributed by atoms with Gasteiger partial charge in [-0.25, -0.2) is 0 Å². The van der Waals surface area contributed by atoms with Crippen molar-refractivity contribution < 1.29 is 9.73 Å². The molecule has 1 atom stereocenters. The van der Waals surface area contributed by atoms with E-state index >= 15 is 0 Å². The minimum atomic E-state index is 0.289. The summed E-state index contributed by atoms with van der Waals surface area (Å²) in [5.74, 6) is 1.13. The van der Waals surface area contributed by atoms with Gasteiger partial charge in [-0.15, -0.1) is 0 Å². The van der Waals surface area contributed by atoms with Gasteiger partial charge in [0.15, 0.2) is 0 Å². The fraction of sp³-hybridized carbons (Fsp3) is 0.333. The Labute approximate surface area is 111 Å². The lowest BCUT2D eigenvalue weighted by atomic mass is 9.81. The van der Waals surface area contributed by atoms with Crippen molar-refractivity contribution in [1.29, 1.82) is 0 Å². The van der Waals surface area contributed by atoms with Gasteiger partial charge in [-0.2, -0.15) is 0 Å². The Balaban J connectivity index is 2.00. The third kappa shape index (κ3) is 2.03. The Bertz CT molecular complexity index is 602. The topological polar surface area (TPSA) is 58.6 Å². The number of fused-ring (bicyclic) bond motifs is 1. The van der Waals surface area contributed by atoms with E-state index in [0.29, 0.717) is 5.71 Å². The van der Waals surface area contributed by atoms with Crippen molar-refractivity contribution in [1.82, 2.24) is 5.16 Å². The van der Waals surface area contributed by atoms with Crippen molar-refractivity contribution in [2.75, 3.05) is 0 Å². The van der Waals surface area contributed by atoms with Gasteiger partial charge in [0, 0.05) is 12.8 Å². The van der Waals surface area contributed by atoms with Crippen LogP contribution in [-0.2, 0) is 12.8 Å². The highest BCUT2D eigenvalue weighted by molar-refractivity contribution is 6.03. The summed E-state index contributed by atoms with van der Waals surface area (Å²) in [5, 5.41) is 16.8. The molecule has 4 nitrogen and oxygen atoms in total. The molecule has 0 radical (unpaired) electrons. The number of hydrogen-bond acceptors (Lipinski definition) is 4. The molecule has 0 amide bonds. The van der Waals surface area contributed by atoms with E-state index in [0.717, 1.165) is 36.3 Å². The van der Waals surface area contributed by atoms with E-state index in [4.69, 9.17) is 4.52 Å². The van der Waals surface area contributed by atoms with Gasteiger partial charge in [-0.3, -0.25) is 0 Å². The summed E-state index contributed by atoms with van der Waals surface area (Å²) >= 11 is 0. The molecular formula is C15H16N2O2. The van der Waals surface area contributed by atoms with Crippen molar-refractivity contribution in [2.24, 2.45) is 5.16 Å². The van der Waals surface area contributed by atoms with Crippen LogP contribution < -0.4 is 0 Å². The van der Waals surface area contributed by atoms with E-state index in [-0.39, 0.29) is 5.92 Å². The summed E-state index contributed by atoms with van der Waals surface area (Å²) in [6, 6.07) is 10.3. The Morgan fingerprint density at radius 2 is 2.11 bits per heavy atom. The average Bonchev–Trinajstić information content (AvgIpc) is 2.90. The van der Waals surface area contributed by atoms with Gasteiger partial charge >= 0.3 is 0 Å². The van der Waals surface area contributed by atoms with E-state index in [1.807, 2.05) is 25.1 Å². The minimum Gasteiger partial charge on any atom is -0.411 e. The molecule has 1 aliphatic rings. The van der Waals surface area contributed by atoms with Crippen molar-refractivity contribution in [3.8, 4) is 0 Å². The van der Waals surface area contributed by atoms with Gasteiger partial charge in [0.1, 0.15) is 5.76 Å². The van der Waals surface area contributed by atoms with Crippen LogP contribution in [0.2, 0.25) is 0 Å². The SMILES string of the molecule is CCc1noc2c1/C(=N/O)CC(c1ccccc1)C2. The van der Waals surface area contributed by atoms with Crippen LogP contribution >= 0.6 is 0 Å². The molecule has 2 aromatic rings. The standard InChI is InChI=1S/C15H16N2O2/c1-2-12-15-13(16-18)8-11(9-14(15)19-17-12)10-6-4-3-5-7-10/h3-7,11,18H,2,8-9H2,1H3/b16-13+. The molecule has 0 spiro atoms. The molecule has 1 aliphatic carbocycles. The molecule has 1 N–H and O–H groups in total. The fourth-order valence-electron chi connectivity index (χ4n) is 2.75. The zero-order chi connectivity index (χ0) is 13.2. The van der Waals surface area contributed by atoms with Crippen LogP contribution in [0, 0.1) is 0 Å². The van der Waals surface area contributed by atoms with E-state index < -0.39 is 0 Å². The van der Waals surface area contributed by atoms with E-state index in [2.05, 4.69) is 22.4 Å². The Hall–Kier alpha value is -2.10. The molecule has 0 fully saturated rings. The predicted molar refractivity (Wildman–Crippen MR) is 71.7 cm³/mol. The number of hydrogen-bond donors (Lipinski definition) is 1. The molecule has 19 heavy (non-hydrogen) atoms. The van der Waals surface area contributed by atoms with Gasteiger partial charge in [-0.05, 0) is 17.9 Å². The quantitative estimate of drug-likeness (QED) is 0.663. The molecule has 1 unspecified atom stereocenters. The van der Waals surface area contributed by atoms with Gasteiger partial charge in [0.2, 0.25) is 0 Å². The molecule has 0 bridgehead atoms. The second-order valence-corrected chi connectivity index (χ2v) is 4.84. The van der Waals surface area contributed by atoms with Crippen LogP contribution in [0.25, 0.3) is 0 Å². The lowest BCUT2D eigenvalue weighted by molar-refractivity contribution is 0.315. The largest absolute Gasteiger partial charge is 0.411 e. The van der Waals surface area contributed by atoms with Gasteiger partial charge in [0.05, 0.1) is 17.0 Å². The summed E-state index contributed by atoms with van der Waals surface area (Å²) in [4.78, 5) is 0. The van der Waals surface area contributed by atoms with Gasteiger partial charge in [-0.1, -0.05) is 47.6 Å². The Morgan fingerprint density at radius 1 is 1.32 bits per heavy atom. The average molecular weight is 256 g/mol. The van der Waals surface area contributed by atoms with Crippen LogP contribution in [0.3, 0.4) is 0 Å². The first-order valence-corrected chi connectivity index (χ1v) is 6.57. The molecule has 3 rings (SSSR count). The summed E-state index contributed by atoms with van der Waals surface area (Å²) in [7, 11) is 0.